The molecule has 0 aliphatic heterocycles. The second-order valence-electron chi connectivity index (χ2n) is 11.5. The minimum Gasteiger partial charge on any atom is -0.466 e. The maximum Gasteiger partial charge on any atom is 0.314 e. The maximum absolute atomic E-state index is 12.8. The Bertz CT molecular complexity index is 860. The summed E-state index contributed by atoms with van der Waals surface area (Å²) in [6.07, 6.45) is 0.344. The van der Waals surface area contributed by atoms with Crippen LogP contribution in [0.25, 0.3) is 0 Å². The highest BCUT2D eigenvalue weighted by molar-refractivity contribution is 6.99. The highest BCUT2D eigenvalue weighted by Crippen LogP contribution is 2.37. The van der Waals surface area contributed by atoms with E-state index in [1.165, 1.54) is 10.4 Å². The molecule has 0 aromatic heterocycles. The lowest BCUT2D eigenvalue weighted by Gasteiger charge is -2.44. The molecule has 0 aliphatic rings. The average Bonchev–Trinajstić information content (AvgIpc) is 2.75. The standard InChI is InChI=1S/C28H44O4Si2/c1-10-30-26(29)28(5,6)25(32-33(7,8)9)21-22-31-34(27(2,3)4,23-17-13-11-14-18-23)24-19-15-12-16-20-24/h11-20,25H,10,21-22H2,1-9H3/t25-/m1/s1. The largest absolute Gasteiger partial charge is 0.466 e. The smallest absolute Gasteiger partial charge is 0.314 e. The highest BCUT2D eigenvalue weighted by atomic mass is 28.4. The Morgan fingerprint density at radius 2 is 1.32 bits per heavy atom. The zero-order chi connectivity index (χ0) is 25.6. The molecule has 0 radical (unpaired) electrons. The molecule has 0 aliphatic carbocycles. The van der Waals surface area contributed by atoms with Crippen LogP contribution in [0.3, 0.4) is 0 Å². The topological polar surface area (TPSA) is 44.8 Å². The Kier molecular flexibility index (Phi) is 9.50. The molecule has 4 nitrogen and oxygen atoms in total. The Balaban J connectivity index is 2.44. The predicted molar refractivity (Wildman–Crippen MR) is 147 cm³/mol. The molecular weight excluding hydrogens is 456 g/mol. The van der Waals surface area contributed by atoms with Gasteiger partial charge in [-0.2, -0.15) is 0 Å². The van der Waals surface area contributed by atoms with Crippen LogP contribution in [0.2, 0.25) is 24.7 Å². The molecule has 0 amide bonds. The minimum atomic E-state index is -2.64. The minimum absolute atomic E-state index is 0.0957. The van der Waals surface area contributed by atoms with Crippen molar-refractivity contribution in [2.24, 2.45) is 5.41 Å². The van der Waals surface area contributed by atoms with Crippen molar-refractivity contribution in [2.75, 3.05) is 13.2 Å². The Morgan fingerprint density at radius 1 is 0.853 bits per heavy atom. The number of ether oxygens (including phenoxy) is 1. The van der Waals surface area contributed by atoms with E-state index in [0.29, 0.717) is 19.6 Å². The summed E-state index contributed by atoms with van der Waals surface area (Å²) in [6.45, 7) is 19.9. The Hall–Kier alpha value is -1.74. The molecular formula is C28H44O4Si2. The lowest BCUT2D eigenvalue weighted by molar-refractivity contribution is -0.159. The summed E-state index contributed by atoms with van der Waals surface area (Å²) < 4.78 is 19.0. The molecule has 6 heteroatoms. The van der Waals surface area contributed by atoms with Crippen LogP contribution < -0.4 is 10.4 Å². The van der Waals surface area contributed by atoms with Crippen molar-refractivity contribution in [1.29, 1.82) is 0 Å². The third-order valence-electron chi connectivity index (χ3n) is 6.22. The Morgan fingerprint density at radius 3 is 1.71 bits per heavy atom. The molecule has 34 heavy (non-hydrogen) atoms. The van der Waals surface area contributed by atoms with E-state index in [1.54, 1.807) is 0 Å². The molecule has 2 aromatic carbocycles. The first kappa shape index (κ1) is 28.5. The van der Waals surface area contributed by atoms with Crippen molar-refractivity contribution in [3.05, 3.63) is 60.7 Å². The molecule has 2 aromatic rings. The lowest BCUT2D eigenvalue weighted by atomic mass is 9.85. The van der Waals surface area contributed by atoms with E-state index in [-0.39, 0.29) is 17.1 Å². The summed E-state index contributed by atoms with van der Waals surface area (Å²) in [5, 5.41) is 2.41. The van der Waals surface area contributed by atoms with Gasteiger partial charge in [-0.25, -0.2) is 0 Å². The van der Waals surface area contributed by atoms with Gasteiger partial charge in [-0.1, -0.05) is 81.4 Å². The van der Waals surface area contributed by atoms with E-state index >= 15 is 0 Å². The van der Waals surface area contributed by atoms with Gasteiger partial charge in [0.1, 0.15) is 0 Å². The highest BCUT2D eigenvalue weighted by Gasteiger charge is 2.50. The maximum atomic E-state index is 12.8. The summed E-state index contributed by atoms with van der Waals surface area (Å²) in [4.78, 5) is 12.8. The van der Waals surface area contributed by atoms with E-state index in [2.05, 4.69) is 101 Å². The molecule has 0 fully saturated rings. The van der Waals surface area contributed by atoms with Crippen molar-refractivity contribution in [3.63, 3.8) is 0 Å². The van der Waals surface area contributed by atoms with Gasteiger partial charge in [0.25, 0.3) is 8.32 Å². The number of esters is 1. The number of hydrogen-bond donors (Lipinski definition) is 0. The van der Waals surface area contributed by atoms with Gasteiger partial charge in [0.15, 0.2) is 8.32 Å². The van der Waals surface area contributed by atoms with Gasteiger partial charge in [-0.15, -0.1) is 0 Å². The molecule has 1 atom stereocenters. The summed E-state index contributed by atoms with van der Waals surface area (Å²) >= 11 is 0. The van der Waals surface area contributed by atoms with E-state index in [9.17, 15) is 4.79 Å². The van der Waals surface area contributed by atoms with Gasteiger partial charge in [0.05, 0.1) is 18.1 Å². The first-order valence-corrected chi connectivity index (χ1v) is 17.7. The van der Waals surface area contributed by atoms with E-state index in [1.807, 2.05) is 20.8 Å². The van der Waals surface area contributed by atoms with Crippen LogP contribution in [0.1, 0.15) is 48.0 Å². The van der Waals surface area contributed by atoms with Crippen LogP contribution in [-0.4, -0.2) is 41.9 Å². The second-order valence-corrected chi connectivity index (χ2v) is 20.2. The van der Waals surface area contributed by atoms with Gasteiger partial charge < -0.3 is 13.6 Å². The SMILES string of the molecule is CCOC(=O)C(C)(C)[C@@H](CCO[Si](c1ccccc1)(c1ccccc1)C(C)(C)C)O[Si](C)(C)C. The van der Waals surface area contributed by atoms with Crippen LogP contribution in [0.5, 0.6) is 0 Å². The van der Waals surface area contributed by atoms with Crippen LogP contribution in [0.4, 0.5) is 0 Å². The molecule has 0 unspecified atom stereocenters. The quantitative estimate of drug-likeness (QED) is 0.290. The summed E-state index contributed by atoms with van der Waals surface area (Å²) in [7, 11) is -4.55. The zero-order valence-corrected chi connectivity index (χ0v) is 24.6. The van der Waals surface area contributed by atoms with Crippen molar-refractivity contribution in [2.45, 2.75) is 78.7 Å². The molecule has 0 N–H and O–H groups in total. The van der Waals surface area contributed by atoms with E-state index < -0.39 is 22.0 Å². The molecule has 0 saturated heterocycles. The first-order valence-electron chi connectivity index (χ1n) is 12.4. The number of carbonyl (C=O) groups excluding carboxylic acids is 1. The lowest BCUT2D eigenvalue weighted by Crippen LogP contribution is -2.66. The first-order chi connectivity index (χ1) is 15.8. The fourth-order valence-corrected chi connectivity index (χ4v) is 10.4. The van der Waals surface area contributed by atoms with E-state index in [0.717, 1.165) is 0 Å². The number of hydrogen-bond acceptors (Lipinski definition) is 4. The van der Waals surface area contributed by atoms with Gasteiger partial charge in [0, 0.05) is 6.61 Å². The number of carbonyl (C=O) groups is 1. The molecule has 0 bridgehead atoms. The van der Waals surface area contributed by atoms with Crippen molar-refractivity contribution < 1.29 is 18.4 Å². The van der Waals surface area contributed by atoms with Gasteiger partial charge in [-0.3, -0.25) is 4.79 Å². The summed E-state index contributed by atoms with van der Waals surface area (Å²) in [5.41, 5.74) is -0.759. The fraction of sp³-hybridized carbons (Fsp3) is 0.536. The van der Waals surface area contributed by atoms with Gasteiger partial charge >= 0.3 is 5.97 Å². The van der Waals surface area contributed by atoms with E-state index in [4.69, 9.17) is 13.6 Å². The second kappa shape index (κ2) is 11.3. The molecule has 0 saturated carbocycles. The van der Waals surface area contributed by atoms with Crippen molar-refractivity contribution >= 4 is 33.0 Å². The van der Waals surface area contributed by atoms with Gasteiger partial charge in [-0.05, 0) is 62.2 Å². The average molecular weight is 501 g/mol. The van der Waals surface area contributed by atoms with Crippen molar-refractivity contribution in [1.82, 2.24) is 0 Å². The number of rotatable bonds is 11. The third-order valence-corrected chi connectivity index (χ3v) is 12.3. The molecule has 0 heterocycles. The molecule has 0 spiro atoms. The Labute approximate surface area is 209 Å². The predicted octanol–water partition coefficient (Wildman–Crippen LogP) is 5.76. The fourth-order valence-electron chi connectivity index (χ4n) is 4.52. The normalized spacial score (nSPS) is 14.0. The number of benzene rings is 2. The van der Waals surface area contributed by atoms with Crippen molar-refractivity contribution in [3.8, 4) is 0 Å². The molecule has 2 rings (SSSR count). The van der Waals surface area contributed by atoms with Crippen LogP contribution in [0.15, 0.2) is 60.7 Å². The van der Waals surface area contributed by atoms with Gasteiger partial charge in [0.2, 0.25) is 0 Å². The monoisotopic (exact) mass is 500 g/mol. The zero-order valence-electron chi connectivity index (χ0n) is 22.6. The van der Waals surface area contributed by atoms with Crippen LogP contribution in [0, 0.1) is 5.41 Å². The summed E-state index contributed by atoms with van der Waals surface area (Å²) in [5.74, 6) is -0.219. The summed E-state index contributed by atoms with van der Waals surface area (Å²) in [6, 6.07) is 21.3. The third kappa shape index (κ3) is 6.69. The van der Waals surface area contributed by atoms with Crippen LogP contribution in [-0.2, 0) is 18.4 Å². The van der Waals surface area contributed by atoms with Crippen LogP contribution >= 0.6 is 0 Å². The molecule has 188 valence electrons.